The second-order valence-corrected chi connectivity index (χ2v) is 9.87. The summed E-state index contributed by atoms with van der Waals surface area (Å²) in [6.45, 7) is 20.3. The van der Waals surface area contributed by atoms with Gasteiger partial charge in [-0.2, -0.15) is 0 Å². The molecule has 0 aliphatic carbocycles. The molecular weight excluding hydrogens is 471 g/mol. The van der Waals surface area contributed by atoms with E-state index in [2.05, 4.69) is 37.5 Å². The summed E-state index contributed by atoms with van der Waals surface area (Å²) < 4.78 is 11.0. The maximum atomic E-state index is 12.2. The molecule has 0 aliphatic heterocycles. The highest BCUT2D eigenvalue weighted by Gasteiger charge is 2.23. The summed E-state index contributed by atoms with van der Waals surface area (Å²) in [7, 11) is 0. The van der Waals surface area contributed by atoms with E-state index in [0.29, 0.717) is 6.61 Å². The van der Waals surface area contributed by atoms with Crippen LogP contribution >= 0.6 is 24.8 Å². The predicted octanol–water partition coefficient (Wildman–Crippen LogP) is 8.13. The number of nitrogens with zero attached hydrogens (tertiary/aromatic N) is 2. The molecule has 208 valence electrons. The van der Waals surface area contributed by atoms with E-state index in [-0.39, 0.29) is 24.8 Å². The van der Waals surface area contributed by atoms with Crippen molar-refractivity contribution < 1.29 is 14.3 Å². The zero-order chi connectivity index (χ0) is 24.1. The van der Waals surface area contributed by atoms with Gasteiger partial charge in [-0.15, -0.1) is 24.8 Å². The second-order valence-electron chi connectivity index (χ2n) is 9.87. The first-order valence-electron chi connectivity index (χ1n) is 13.7. The molecule has 0 amide bonds. The van der Waals surface area contributed by atoms with Crippen LogP contribution in [-0.4, -0.2) is 67.4 Å². The fraction of sp³-hybridized carbons (Fsp3) is 0.963. The molecule has 0 aromatic heterocycles. The lowest BCUT2D eigenvalue weighted by atomic mass is 10.0. The van der Waals surface area contributed by atoms with Crippen molar-refractivity contribution in [1.82, 2.24) is 9.80 Å². The smallest absolute Gasteiger partial charge is 0.434 e. The van der Waals surface area contributed by atoms with E-state index in [1.165, 1.54) is 77.5 Å². The fourth-order valence-corrected chi connectivity index (χ4v) is 3.83. The summed E-state index contributed by atoms with van der Waals surface area (Å²) >= 11 is 0. The second kappa shape index (κ2) is 25.9. The molecule has 0 N–H and O–H groups in total. The molecule has 0 unspecified atom stereocenters. The molecule has 0 saturated heterocycles. The summed E-state index contributed by atoms with van der Waals surface area (Å²) in [6, 6.07) is 0. The molecule has 0 fully saturated rings. The van der Waals surface area contributed by atoms with Crippen molar-refractivity contribution in [3.8, 4) is 0 Å². The van der Waals surface area contributed by atoms with Crippen molar-refractivity contribution in [3.05, 3.63) is 0 Å². The van der Waals surface area contributed by atoms with E-state index in [1.54, 1.807) is 0 Å². The van der Waals surface area contributed by atoms with Crippen molar-refractivity contribution >= 4 is 31.0 Å². The first-order chi connectivity index (χ1) is 15.4. The molecule has 0 saturated carbocycles. The van der Waals surface area contributed by atoms with Crippen LogP contribution in [0.15, 0.2) is 0 Å². The molecule has 0 aliphatic rings. The zero-order valence-corrected chi connectivity index (χ0v) is 25.0. The van der Waals surface area contributed by atoms with Gasteiger partial charge in [0.05, 0.1) is 6.61 Å². The molecule has 0 bridgehead atoms. The minimum Gasteiger partial charge on any atom is -0.434 e. The number of carbonyl (C=O) groups is 1. The molecule has 0 heterocycles. The Labute approximate surface area is 224 Å². The zero-order valence-electron chi connectivity index (χ0n) is 23.4. The van der Waals surface area contributed by atoms with Gasteiger partial charge in [0.15, 0.2) is 0 Å². The number of hydrogen-bond donors (Lipinski definition) is 0. The molecule has 34 heavy (non-hydrogen) atoms. The first-order valence-corrected chi connectivity index (χ1v) is 13.7. The third-order valence-electron chi connectivity index (χ3n) is 6.01. The Kier molecular flexibility index (Phi) is 29.1. The standard InChI is InChI=1S/C27H56N2O3.2ClH/c1-7-11-19-28(20-12-8-2)23-15-16-25-31-26(30)32-27(5,6)18-17-24-29(21-13-9-3)22-14-10-4;;/h7-25H2,1-6H3;2*1H. The largest absolute Gasteiger partial charge is 0.508 e. The van der Waals surface area contributed by atoms with E-state index in [0.717, 1.165) is 38.8 Å². The summed E-state index contributed by atoms with van der Waals surface area (Å²) in [4.78, 5) is 17.3. The highest BCUT2D eigenvalue weighted by Crippen LogP contribution is 2.18. The third-order valence-corrected chi connectivity index (χ3v) is 6.01. The monoisotopic (exact) mass is 528 g/mol. The highest BCUT2D eigenvalue weighted by atomic mass is 35.5. The Morgan fingerprint density at radius 3 is 1.41 bits per heavy atom. The number of carbonyl (C=O) groups excluding carboxylic acids is 1. The topological polar surface area (TPSA) is 42.0 Å². The third kappa shape index (κ3) is 23.5. The van der Waals surface area contributed by atoms with Gasteiger partial charge in [0.2, 0.25) is 0 Å². The van der Waals surface area contributed by atoms with Crippen molar-refractivity contribution in [1.29, 1.82) is 0 Å². The number of hydrogen-bond acceptors (Lipinski definition) is 5. The Hall–Kier alpha value is -0.230. The molecule has 0 atom stereocenters. The Morgan fingerprint density at radius 2 is 1.00 bits per heavy atom. The van der Waals surface area contributed by atoms with Crippen LogP contribution < -0.4 is 0 Å². The maximum absolute atomic E-state index is 12.2. The lowest BCUT2D eigenvalue weighted by Gasteiger charge is -2.27. The van der Waals surface area contributed by atoms with Gasteiger partial charge in [-0.3, -0.25) is 0 Å². The van der Waals surface area contributed by atoms with Crippen LogP contribution in [0, 0.1) is 0 Å². The molecule has 0 aromatic rings. The highest BCUT2D eigenvalue weighted by molar-refractivity contribution is 5.85. The Morgan fingerprint density at radius 1 is 0.618 bits per heavy atom. The van der Waals surface area contributed by atoms with Gasteiger partial charge in [-0.25, -0.2) is 4.79 Å². The van der Waals surface area contributed by atoms with Crippen LogP contribution in [0.5, 0.6) is 0 Å². The quantitative estimate of drug-likeness (QED) is 0.105. The van der Waals surface area contributed by atoms with Crippen LogP contribution in [0.25, 0.3) is 0 Å². The van der Waals surface area contributed by atoms with Gasteiger partial charge >= 0.3 is 6.16 Å². The molecule has 0 radical (unpaired) electrons. The van der Waals surface area contributed by atoms with Gasteiger partial charge in [0, 0.05) is 0 Å². The predicted molar refractivity (Wildman–Crippen MR) is 152 cm³/mol. The lowest BCUT2D eigenvalue weighted by Crippen LogP contribution is -2.32. The van der Waals surface area contributed by atoms with Crippen molar-refractivity contribution in [2.75, 3.05) is 45.9 Å². The van der Waals surface area contributed by atoms with Gasteiger partial charge < -0.3 is 19.3 Å². The van der Waals surface area contributed by atoms with Gasteiger partial charge in [-0.05, 0) is 104 Å². The molecule has 0 spiro atoms. The normalized spacial score (nSPS) is 11.3. The van der Waals surface area contributed by atoms with E-state index < -0.39 is 11.8 Å². The van der Waals surface area contributed by atoms with Gasteiger partial charge in [0.1, 0.15) is 5.60 Å². The van der Waals surface area contributed by atoms with E-state index in [1.807, 2.05) is 13.8 Å². The van der Waals surface area contributed by atoms with Crippen LogP contribution in [-0.2, 0) is 9.47 Å². The van der Waals surface area contributed by atoms with Gasteiger partial charge in [-0.1, -0.05) is 53.4 Å². The van der Waals surface area contributed by atoms with Crippen LogP contribution in [0.3, 0.4) is 0 Å². The fourth-order valence-electron chi connectivity index (χ4n) is 3.83. The minimum absolute atomic E-state index is 0. The maximum Gasteiger partial charge on any atom is 0.508 e. The molecule has 5 nitrogen and oxygen atoms in total. The SMILES string of the molecule is CCCCN(CCCC)CCCCOC(=O)OC(C)(C)CCCN(CCCC)CCCC.Cl.Cl. The van der Waals surface area contributed by atoms with Crippen LogP contribution in [0.4, 0.5) is 4.79 Å². The minimum atomic E-state index is -0.516. The van der Waals surface area contributed by atoms with Crippen LogP contribution in [0.2, 0.25) is 0 Å². The number of unbranched alkanes of at least 4 members (excludes halogenated alkanes) is 5. The number of ether oxygens (including phenoxy) is 2. The summed E-state index contributed by atoms with van der Waals surface area (Å²) in [5.41, 5.74) is -0.477. The summed E-state index contributed by atoms with van der Waals surface area (Å²) in [6.07, 6.45) is 13.3. The molecule has 0 aromatic carbocycles. The number of halogens is 2. The van der Waals surface area contributed by atoms with Gasteiger partial charge in [0.25, 0.3) is 0 Å². The molecule has 7 heteroatoms. The van der Waals surface area contributed by atoms with Crippen molar-refractivity contribution in [2.45, 2.75) is 124 Å². The summed E-state index contributed by atoms with van der Waals surface area (Å²) in [5, 5.41) is 0. The van der Waals surface area contributed by atoms with Crippen molar-refractivity contribution in [2.24, 2.45) is 0 Å². The van der Waals surface area contributed by atoms with E-state index in [4.69, 9.17) is 9.47 Å². The van der Waals surface area contributed by atoms with E-state index >= 15 is 0 Å². The van der Waals surface area contributed by atoms with Crippen LogP contribution in [0.1, 0.15) is 119 Å². The Balaban J connectivity index is -0.00000480. The average molecular weight is 530 g/mol. The number of rotatable bonds is 22. The van der Waals surface area contributed by atoms with E-state index in [9.17, 15) is 4.79 Å². The van der Waals surface area contributed by atoms with Crippen molar-refractivity contribution in [3.63, 3.8) is 0 Å². The summed E-state index contributed by atoms with van der Waals surface area (Å²) in [5.74, 6) is 0. The lowest BCUT2D eigenvalue weighted by molar-refractivity contribution is -0.0227. The first kappa shape index (κ1) is 38.3. The molecule has 0 rings (SSSR count). The Bertz CT molecular complexity index is 424. The average Bonchev–Trinajstić information content (AvgIpc) is 2.75. The molecular formula is C27H58Cl2N2O3.